The van der Waals surface area contributed by atoms with E-state index in [2.05, 4.69) is 0 Å². The lowest BCUT2D eigenvalue weighted by molar-refractivity contribution is -0.136. The summed E-state index contributed by atoms with van der Waals surface area (Å²) >= 11 is 0. The molecule has 8 rings (SSSR count). The molecule has 8 saturated carbocycles. The van der Waals surface area contributed by atoms with Crippen molar-refractivity contribution < 1.29 is 9.59 Å². The van der Waals surface area contributed by atoms with Gasteiger partial charge in [0.05, 0.1) is 0 Å². The van der Waals surface area contributed by atoms with E-state index in [0.29, 0.717) is 53.0 Å². The van der Waals surface area contributed by atoms with Crippen LogP contribution in [0.25, 0.3) is 0 Å². The lowest BCUT2D eigenvalue weighted by Gasteiger charge is -2.40. The molecule has 0 aromatic carbocycles. The molecule has 6 bridgehead atoms. The minimum absolute atomic E-state index is 0.362. The van der Waals surface area contributed by atoms with Gasteiger partial charge in [-0.2, -0.15) is 0 Å². The smallest absolute Gasteiger partial charge is 0.140 e. The number of ketones is 2. The highest BCUT2D eigenvalue weighted by molar-refractivity contribution is 5.96. The van der Waals surface area contributed by atoms with Crippen LogP contribution >= 0.6 is 0 Å². The van der Waals surface area contributed by atoms with E-state index in [1.165, 1.54) is 6.42 Å². The molecule has 2 nitrogen and oxygen atoms in total. The van der Waals surface area contributed by atoms with Crippen LogP contribution in [0.5, 0.6) is 0 Å². The van der Waals surface area contributed by atoms with Gasteiger partial charge in [0.15, 0.2) is 0 Å². The van der Waals surface area contributed by atoms with Gasteiger partial charge in [0.1, 0.15) is 11.6 Å². The number of Topliss-reactive ketones (excluding diaryl/α,β-unsaturated/α-hetero) is 2. The van der Waals surface area contributed by atoms with Crippen LogP contribution in [0.4, 0.5) is 0 Å². The van der Waals surface area contributed by atoms with Gasteiger partial charge >= 0.3 is 0 Å². The predicted octanol–water partition coefficient (Wildman–Crippen LogP) is 1.25. The summed E-state index contributed by atoms with van der Waals surface area (Å²) in [5.41, 5.74) is 0. The Balaban J connectivity index is 1.62. The molecule has 8 aliphatic rings. The van der Waals surface area contributed by atoms with Gasteiger partial charge < -0.3 is 0 Å². The summed E-state index contributed by atoms with van der Waals surface area (Å²) in [6.07, 6.45) is 1.34. The average molecular weight is 252 g/mol. The third-order valence-corrected chi connectivity index (χ3v) is 9.82. The second kappa shape index (κ2) is 1.98. The normalized spacial score (nSPS) is 84.8. The maximum absolute atomic E-state index is 12.9. The minimum atomic E-state index is 0.362. The van der Waals surface area contributed by atoms with Gasteiger partial charge in [0.2, 0.25) is 0 Å². The van der Waals surface area contributed by atoms with E-state index in [9.17, 15) is 9.59 Å². The first kappa shape index (κ1) is 8.59. The van der Waals surface area contributed by atoms with Crippen molar-refractivity contribution in [2.24, 2.45) is 82.9 Å². The quantitative estimate of drug-likeness (QED) is 0.650. The highest BCUT2D eigenvalue weighted by Crippen LogP contribution is 2.89. The molecule has 0 N–H and O–H groups in total. The lowest BCUT2D eigenvalue weighted by Crippen LogP contribution is -2.43. The molecule has 14 atom stereocenters. The average Bonchev–Trinajstić information content (AvgIpc) is 3.08. The van der Waals surface area contributed by atoms with Crippen molar-refractivity contribution in [3.63, 3.8) is 0 Å². The molecular weight excluding hydrogens is 236 g/mol. The SMILES string of the molecule is O=C1[C@@H]2[C@H]3[C@@H]4C[C@@H]5[C@@H]1[C@@H]1[C@@H]2[C@H]2[C@H]3C(=O)[C@@H]3[C@H]2[C@@H]1[C@H]5[C@@H]43. The van der Waals surface area contributed by atoms with Gasteiger partial charge in [0.25, 0.3) is 0 Å². The van der Waals surface area contributed by atoms with Gasteiger partial charge in [-0.25, -0.2) is 0 Å². The molecule has 0 spiro atoms. The molecule has 8 fully saturated rings. The Labute approximate surface area is 111 Å². The van der Waals surface area contributed by atoms with Crippen LogP contribution in [0, 0.1) is 82.9 Å². The highest BCUT2D eigenvalue weighted by atomic mass is 16.1. The molecule has 19 heavy (non-hydrogen) atoms. The summed E-state index contributed by atoms with van der Waals surface area (Å²) in [6, 6.07) is 0. The molecule has 0 unspecified atom stereocenters. The first-order chi connectivity index (χ1) is 9.30. The Morgan fingerprint density at radius 1 is 0.526 bits per heavy atom. The summed E-state index contributed by atoms with van der Waals surface area (Å²) < 4.78 is 0. The van der Waals surface area contributed by atoms with Crippen molar-refractivity contribution in [1.29, 1.82) is 0 Å². The Kier molecular flexibility index (Phi) is 0.896. The van der Waals surface area contributed by atoms with Gasteiger partial charge in [-0.15, -0.1) is 0 Å². The van der Waals surface area contributed by atoms with Gasteiger partial charge in [-0.1, -0.05) is 0 Å². The summed E-state index contributed by atoms with van der Waals surface area (Å²) in [7, 11) is 0. The van der Waals surface area contributed by atoms with Gasteiger partial charge in [0, 0.05) is 23.7 Å². The summed E-state index contributed by atoms with van der Waals surface area (Å²) in [4.78, 5) is 25.8. The number of carbonyl (C=O) groups excluding carboxylic acids is 2. The Bertz CT molecular complexity index is 625. The second-order valence-electron chi connectivity index (χ2n) is 9.09. The number of hydrogen-bond donors (Lipinski definition) is 0. The fourth-order valence-corrected chi connectivity index (χ4v) is 10.6. The maximum Gasteiger partial charge on any atom is 0.140 e. The largest absolute Gasteiger partial charge is 0.299 e. The number of hydrogen-bond acceptors (Lipinski definition) is 2. The van der Waals surface area contributed by atoms with Crippen LogP contribution in [0.3, 0.4) is 0 Å². The molecule has 0 amide bonds. The summed E-state index contributed by atoms with van der Waals surface area (Å²) in [6.45, 7) is 0. The van der Waals surface area contributed by atoms with E-state index in [0.717, 1.165) is 41.4 Å². The fraction of sp³-hybridized carbons (Fsp3) is 0.882. The van der Waals surface area contributed by atoms with Crippen LogP contribution in [-0.4, -0.2) is 11.6 Å². The Morgan fingerprint density at radius 3 is 1.89 bits per heavy atom. The molecule has 0 radical (unpaired) electrons. The zero-order valence-corrected chi connectivity index (χ0v) is 10.6. The molecule has 0 aliphatic heterocycles. The monoisotopic (exact) mass is 252 g/mol. The first-order valence-electron chi connectivity index (χ1n) is 8.38. The van der Waals surface area contributed by atoms with Crippen LogP contribution in [-0.2, 0) is 9.59 Å². The number of rotatable bonds is 0. The second-order valence-corrected chi connectivity index (χ2v) is 9.09. The molecule has 8 aliphatic carbocycles. The zero-order chi connectivity index (χ0) is 11.9. The highest BCUT2D eigenvalue weighted by Gasteiger charge is 2.90. The van der Waals surface area contributed by atoms with E-state index in [1.807, 2.05) is 0 Å². The predicted molar refractivity (Wildman–Crippen MR) is 63.5 cm³/mol. The summed E-state index contributed by atoms with van der Waals surface area (Å²) in [5.74, 6) is 10.3. The van der Waals surface area contributed by atoms with Gasteiger partial charge in [-0.3, -0.25) is 9.59 Å². The van der Waals surface area contributed by atoms with E-state index >= 15 is 0 Å². The number of fused-ring (bicyclic) bond motifs is 3. The van der Waals surface area contributed by atoms with E-state index < -0.39 is 0 Å². The molecule has 96 valence electrons. The third kappa shape index (κ3) is 0.489. The summed E-state index contributed by atoms with van der Waals surface area (Å²) in [5, 5.41) is 0. The first-order valence-corrected chi connectivity index (χ1v) is 8.38. The van der Waals surface area contributed by atoms with E-state index in [1.54, 1.807) is 0 Å². The molecule has 0 aromatic rings. The van der Waals surface area contributed by atoms with Crippen molar-refractivity contribution >= 4 is 11.6 Å². The fourth-order valence-electron chi connectivity index (χ4n) is 10.6. The number of carbonyl (C=O) groups is 2. The van der Waals surface area contributed by atoms with Gasteiger partial charge in [-0.05, 0) is 65.6 Å². The standard InChI is InChI=1S/C17H16O2/c18-16-7-3-1-2-5-4(3)8-9(7)11-12-10(8)13(5)17(19)15(12)6(2)14(11)16/h2-15H,1H2/t2-,3+,4-,5-,6-,7-,8-,9+,10+,11-,12+,13+,14-,15+/m1/s1. The van der Waals surface area contributed by atoms with E-state index in [-0.39, 0.29) is 0 Å². The third-order valence-electron chi connectivity index (χ3n) is 9.82. The van der Waals surface area contributed by atoms with Crippen LogP contribution in [0.1, 0.15) is 6.42 Å². The minimum Gasteiger partial charge on any atom is -0.299 e. The van der Waals surface area contributed by atoms with Crippen molar-refractivity contribution in [3.05, 3.63) is 0 Å². The maximum atomic E-state index is 12.9. The van der Waals surface area contributed by atoms with Crippen molar-refractivity contribution in [3.8, 4) is 0 Å². The molecule has 0 heterocycles. The molecular formula is C17H16O2. The van der Waals surface area contributed by atoms with Crippen molar-refractivity contribution in [2.75, 3.05) is 0 Å². The zero-order valence-electron chi connectivity index (χ0n) is 10.6. The molecule has 0 aromatic heterocycles. The van der Waals surface area contributed by atoms with Crippen LogP contribution in [0.15, 0.2) is 0 Å². The Hall–Kier alpha value is -0.660. The Morgan fingerprint density at radius 2 is 1.11 bits per heavy atom. The lowest BCUT2D eigenvalue weighted by atomic mass is 9.63. The van der Waals surface area contributed by atoms with Crippen molar-refractivity contribution in [1.82, 2.24) is 0 Å². The van der Waals surface area contributed by atoms with Crippen LogP contribution in [0.2, 0.25) is 0 Å². The molecule has 0 saturated heterocycles. The van der Waals surface area contributed by atoms with E-state index in [4.69, 9.17) is 0 Å². The van der Waals surface area contributed by atoms with Crippen LogP contribution < -0.4 is 0 Å². The van der Waals surface area contributed by atoms with Crippen molar-refractivity contribution in [2.45, 2.75) is 6.42 Å². The topological polar surface area (TPSA) is 34.1 Å². The molecule has 2 heteroatoms.